The average Bonchev–Trinajstić information content (AvgIpc) is 2.76. The SMILES string of the molecule is CN1C(=O)CCC(C(=O)N2CCN(c3ccc(O)cc3)CC2)C1c1ccccc1. The number of hydrogen-bond donors (Lipinski definition) is 1. The Morgan fingerprint density at radius 1 is 0.966 bits per heavy atom. The second-order valence-corrected chi connectivity index (χ2v) is 7.83. The van der Waals surface area contributed by atoms with Crippen LogP contribution >= 0.6 is 0 Å². The van der Waals surface area contributed by atoms with Crippen molar-refractivity contribution in [2.75, 3.05) is 38.1 Å². The van der Waals surface area contributed by atoms with Crippen molar-refractivity contribution in [3.8, 4) is 5.75 Å². The average molecular weight is 393 g/mol. The van der Waals surface area contributed by atoms with E-state index < -0.39 is 0 Å². The summed E-state index contributed by atoms with van der Waals surface area (Å²) in [5, 5.41) is 9.47. The maximum atomic E-state index is 13.4. The minimum Gasteiger partial charge on any atom is -0.508 e. The fourth-order valence-corrected chi connectivity index (χ4v) is 4.49. The Labute approximate surface area is 171 Å². The third-order valence-corrected chi connectivity index (χ3v) is 6.13. The number of benzene rings is 2. The Balaban J connectivity index is 1.47. The molecule has 0 saturated carbocycles. The van der Waals surface area contributed by atoms with E-state index >= 15 is 0 Å². The van der Waals surface area contributed by atoms with Crippen LogP contribution in [-0.2, 0) is 9.59 Å². The van der Waals surface area contributed by atoms with E-state index in [4.69, 9.17) is 0 Å². The summed E-state index contributed by atoms with van der Waals surface area (Å²) in [6, 6.07) is 16.8. The molecule has 2 saturated heterocycles. The van der Waals surface area contributed by atoms with Gasteiger partial charge in [0, 0.05) is 45.3 Å². The molecule has 2 aliphatic rings. The van der Waals surface area contributed by atoms with E-state index in [2.05, 4.69) is 4.90 Å². The number of hydrogen-bond acceptors (Lipinski definition) is 4. The molecule has 152 valence electrons. The molecule has 0 radical (unpaired) electrons. The number of phenolic OH excluding ortho intramolecular Hbond substituents is 1. The van der Waals surface area contributed by atoms with Crippen LogP contribution < -0.4 is 4.90 Å². The van der Waals surface area contributed by atoms with Gasteiger partial charge in [-0.3, -0.25) is 9.59 Å². The summed E-state index contributed by atoms with van der Waals surface area (Å²) < 4.78 is 0. The van der Waals surface area contributed by atoms with Crippen molar-refractivity contribution < 1.29 is 14.7 Å². The highest BCUT2D eigenvalue weighted by Crippen LogP contribution is 2.37. The van der Waals surface area contributed by atoms with Gasteiger partial charge in [-0.25, -0.2) is 0 Å². The van der Waals surface area contributed by atoms with Crippen molar-refractivity contribution in [3.05, 3.63) is 60.2 Å². The van der Waals surface area contributed by atoms with Crippen molar-refractivity contribution in [1.82, 2.24) is 9.80 Å². The van der Waals surface area contributed by atoms with Gasteiger partial charge < -0.3 is 19.8 Å². The molecule has 2 fully saturated rings. The van der Waals surface area contributed by atoms with E-state index in [9.17, 15) is 14.7 Å². The summed E-state index contributed by atoms with van der Waals surface area (Å²) in [6.45, 7) is 2.84. The predicted molar refractivity (Wildman–Crippen MR) is 112 cm³/mol. The molecule has 6 nitrogen and oxygen atoms in total. The Hall–Kier alpha value is -3.02. The number of aromatic hydroxyl groups is 1. The van der Waals surface area contributed by atoms with Crippen LogP contribution in [0.1, 0.15) is 24.4 Å². The molecule has 4 rings (SSSR count). The molecule has 2 atom stereocenters. The van der Waals surface area contributed by atoms with Gasteiger partial charge in [-0.05, 0) is 36.2 Å². The maximum absolute atomic E-state index is 13.4. The summed E-state index contributed by atoms with van der Waals surface area (Å²) in [4.78, 5) is 31.7. The van der Waals surface area contributed by atoms with E-state index in [1.807, 2.05) is 54.4 Å². The molecule has 0 bridgehead atoms. The molecule has 6 heteroatoms. The lowest BCUT2D eigenvalue weighted by molar-refractivity contribution is -0.146. The minimum absolute atomic E-state index is 0.0973. The first kappa shape index (κ1) is 19.3. The standard InChI is InChI=1S/C23H27N3O3/c1-24-21(28)12-11-20(22(24)17-5-3-2-4-6-17)23(29)26-15-13-25(14-16-26)18-7-9-19(27)10-8-18/h2-10,20,22,27H,11-16H2,1H3. The molecule has 1 N–H and O–H groups in total. The van der Waals surface area contributed by atoms with Crippen LogP contribution in [0.25, 0.3) is 0 Å². The summed E-state index contributed by atoms with van der Waals surface area (Å²) in [5.41, 5.74) is 2.07. The molecule has 2 aromatic carbocycles. The number of carbonyl (C=O) groups is 2. The zero-order valence-electron chi connectivity index (χ0n) is 16.7. The number of nitrogens with zero attached hydrogens (tertiary/aromatic N) is 3. The van der Waals surface area contributed by atoms with Crippen LogP contribution in [0.5, 0.6) is 5.75 Å². The second-order valence-electron chi connectivity index (χ2n) is 7.83. The summed E-state index contributed by atoms with van der Waals surface area (Å²) >= 11 is 0. The highest BCUT2D eigenvalue weighted by molar-refractivity contribution is 5.85. The molecular formula is C23H27N3O3. The number of phenols is 1. The zero-order chi connectivity index (χ0) is 20.4. The molecule has 29 heavy (non-hydrogen) atoms. The van der Waals surface area contributed by atoms with Gasteiger partial charge in [0.15, 0.2) is 0 Å². The van der Waals surface area contributed by atoms with Crippen LogP contribution in [0.4, 0.5) is 5.69 Å². The third kappa shape index (κ3) is 3.92. The topological polar surface area (TPSA) is 64.1 Å². The first-order valence-corrected chi connectivity index (χ1v) is 10.2. The van der Waals surface area contributed by atoms with Crippen LogP contribution in [0, 0.1) is 5.92 Å². The van der Waals surface area contributed by atoms with Crippen LogP contribution in [0.15, 0.2) is 54.6 Å². The van der Waals surface area contributed by atoms with Gasteiger partial charge in [0.2, 0.25) is 11.8 Å². The summed E-state index contributed by atoms with van der Waals surface area (Å²) in [5.74, 6) is 0.286. The normalized spacial score (nSPS) is 22.7. The number of amides is 2. The van der Waals surface area contributed by atoms with E-state index in [-0.39, 0.29) is 29.5 Å². The van der Waals surface area contributed by atoms with Gasteiger partial charge in [-0.1, -0.05) is 30.3 Å². The first-order valence-electron chi connectivity index (χ1n) is 10.2. The number of carbonyl (C=O) groups excluding carboxylic acids is 2. The van der Waals surface area contributed by atoms with E-state index in [0.717, 1.165) is 24.3 Å². The van der Waals surface area contributed by atoms with Gasteiger partial charge in [-0.15, -0.1) is 0 Å². The fraction of sp³-hybridized carbons (Fsp3) is 0.391. The minimum atomic E-state index is -0.208. The Morgan fingerprint density at radius 3 is 2.28 bits per heavy atom. The maximum Gasteiger partial charge on any atom is 0.228 e. The monoisotopic (exact) mass is 393 g/mol. The lowest BCUT2D eigenvalue weighted by Crippen LogP contribution is -2.53. The van der Waals surface area contributed by atoms with Crippen LogP contribution in [-0.4, -0.2) is 59.9 Å². The highest BCUT2D eigenvalue weighted by atomic mass is 16.3. The lowest BCUT2D eigenvalue weighted by atomic mass is 9.83. The second kappa shape index (κ2) is 8.15. The molecule has 0 aromatic heterocycles. The summed E-state index contributed by atoms with van der Waals surface area (Å²) in [7, 11) is 1.81. The van der Waals surface area contributed by atoms with Crippen LogP contribution in [0.3, 0.4) is 0 Å². The molecule has 0 aliphatic carbocycles. The van der Waals surface area contributed by atoms with Crippen LogP contribution in [0.2, 0.25) is 0 Å². The molecule has 2 amide bonds. The number of piperazine rings is 1. The van der Waals surface area contributed by atoms with E-state index in [1.54, 1.807) is 17.0 Å². The highest BCUT2D eigenvalue weighted by Gasteiger charge is 2.41. The molecule has 0 spiro atoms. The summed E-state index contributed by atoms with van der Waals surface area (Å²) in [6.07, 6.45) is 1.02. The Bertz CT molecular complexity index is 861. The number of likely N-dealkylation sites (tertiary alicyclic amines) is 1. The van der Waals surface area contributed by atoms with Gasteiger partial charge >= 0.3 is 0 Å². The van der Waals surface area contributed by atoms with Gasteiger partial charge in [-0.2, -0.15) is 0 Å². The largest absolute Gasteiger partial charge is 0.508 e. The first-order chi connectivity index (χ1) is 14.0. The number of rotatable bonds is 3. The van der Waals surface area contributed by atoms with Crippen molar-refractivity contribution >= 4 is 17.5 Å². The predicted octanol–water partition coefficient (Wildman–Crippen LogP) is 2.65. The molecular weight excluding hydrogens is 366 g/mol. The quantitative estimate of drug-likeness (QED) is 0.871. The Morgan fingerprint density at radius 2 is 1.62 bits per heavy atom. The van der Waals surface area contributed by atoms with Crippen molar-refractivity contribution in [1.29, 1.82) is 0 Å². The van der Waals surface area contributed by atoms with Crippen molar-refractivity contribution in [3.63, 3.8) is 0 Å². The molecule has 2 aromatic rings. The van der Waals surface area contributed by atoms with Gasteiger partial charge in [0.1, 0.15) is 5.75 Å². The molecule has 2 unspecified atom stereocenters. The molecule has 2 aliphatic heterocycles. The lowest BCUT2D eigenvalue weighted by Gasteiger charge is -2.43. The number of piperidine rings is 1. The van der Waals surface area contributed by atoms with E-state index in [1.165, 1.54) is 0 Å². The Kier molecular flexibility index (Phi) is 5.43. The third-order valence-electron chi connectivity index (χ3n) is 6.13. The van der Waals surface area contributed by atoms with E-state index in [0.29, 0.717) is 25.9 Å². The fourth-order valence-electron chi connectivity index (χ4n) is 4.49. The zero-order valence-corrected chi connectivity index (χ0v) is 16.7. The van der Waals surface area contributed by atoms with Gasteiger partial charge in [0.25, 0.3) is 0 Å². The number of anilines is 1. The van der Waals surface area contributed by atoms with Gasteiger partial charge in [0.05, 0.1) is 12.0 Å². The van der Waals surface area contributed by atoms with Crippen molar-refractivity contribution in [2.24, 2.45) is 5.92 Å². The molecule has 2 heterocycles. The van der Waals surface area contributed by atoms with Crippen molar-refractivity contribution in [2.45, 2.75) is 18.9 Å². The smallest absolute Gasteiger partial charge is 0.228 e.